The fourth-order valence-electron chi connectivity index (χ4n) is 3.75. The maximum atomic E-state index is 13.7. The third-order valence-electron chi connectivity index (χ3n) is 5.37. The van der Waals surface area contributed by atoms with Gasteiger partial charge in [0, 0.05) is 17.6 Å². The largest absolute Gasteiger partial charge is 0.352 e. The van der Waals surface area contributed by atoms with Crippen molar-refractivity contribution >= 4 is 39.1 Å². The molecule has 9 heteroatoms. The highest BCUT2D eigenvalue weighted by Gasteiger charge is 2.32. The van der Waals surface area contributed by atoms with Gasteiger partial charge in [0.1, 0.15) is 12.6 Å². The number of halogens is 1. The Bertz CT molecular complexity index is 1130. The predicted molar refractivity (Wildman–Crippen MR) is 137 cm³/mol. The van der Waals surface area contributed by atoms with Gasteiger partial charge in [-0.1, -0.05) is 54.4 Å². The number of aryl methyl sites for hydroxylation is 2. The second kappa shape index (κ2) is 11.7. The fourth-order valence-corrected chi connectivity index (χ4v) is 4.82. The zero-order valence-electron chi connectivity index (χ0n) is 20.6. The Balaban J connectivity index is 2.49. The number of nitrogens with zero attached hydrogens (tertiary/aromatic N) is 2. The number of benzene rings is 2. The van der Waals surface area contributed by atoms with Crippen LogP contribution in [0.15, 0.2) is 42.5 Å². The summed E-state index contributed by atoms with van der Waals surface area (Å²) in [5, 5.41) is 3.24. The minimum atomic E-state index is -3.81. The fraction of sp³-hybridized carbons (Fsp3) is 0.440. The van der Waals surface area contributed by atoms with Crippen LogP contribution in [0.1, 0.15) is 43.9 Å². The van der Waals surface area contributed by atoms with Crippen LogP contribution >= 0.6 is 11.6 Å². The van der Waals surface area contributed by atoms with Crippen molar-refractivity contribution in [1.82, 2.24) is 10.2 Å². The van der Waals surface area contributed by atoms with Crippen LogP contribution in [0.3, 0.4) is 0 Å². The summed E-state index contributed by atoms with van der Waals surface area (Å²) < 4.78 is 26.5. The van der Waals surface area contributed by atoms with Crippen LogP contribution < -0.4 is 9.62 Å². The number of hydrogen-bond acceptors (Lipinski definition) is 4. The molecular weight excluding hydrogens is 474 g/mol. The number of rotatable bonds is 10. The van der Waals surface area contributed by atoms with Crippen molar-refractivity contribution in [3.05, 3.63) is 64.2 Å². The normalized spacial score (nSPS) is 12.4. The molecule has 1 N–H and O–H groups in total. The van der Waals surface area contributed by atoms with Gasteiger partial charge in [-0.15, -0.1) is 0 Å². The quantitative estimate of drug-likeness (QED) is 0.525. The summed E-state index contributed by atoms with van der Waals surface area (Å²) >= 11 is 6.13. The van der Waals surface area contributed by atoms with E-state index in [0.29, 0.717) is 22.7 Å². The summed E-state index contributed by atoms with van der Waals surface area (Å²) in [5.74, 6) is -0.750. The van der Waals surface area contributed by atoms with Crippen molar-refractivity contribution in [3.8, 4) is 0 Å². The van der Waals surface area contributed by atoms with Crippen molar-refractivity contribution in [2.75, 3.05) is 17.1 Å². The van der Waals surface area contributed by atoms with Crippen LogP contribution in [0.5, 0.6) is 0 Å². The molecule has 0 spiro atoms. The number of nitrogens with one attached hydrogen (secondary N) is 1. The Kier molecular flexibility index (Phi) is 9.53. The van der Waals surface area contributed by atoms with E-state index in [1.807, 2.05) is 52.0 Å². The molecular formula is C25H34ClN3O4S. The van der Waals surface area contributed by atoms with Gasteiger partial charge in [-0.3, -0.25) is 13.9 Å². The summed E-state index contributed by atoms with van der Waals surface area (Å²) in [7, 11) is -3.81. The van der Waals surface area contributed by atoms with Gasteiger partial charge in [0.2, 0.25) is 21.8 Å². The van der Waals surface area contributed by atoms with E-state index >= 15 is 0 Å². The molecule has 0 fully saturated rings. The van der Waals surface area contributed by atoms with Gasteiger partial charge >= 0.3 is 0 Å². The molecule has 0 saturated carbocycles. The average Bonchev–Trinajstić information content (AvgIpc) is 2.72. The molecule has 2 aromatic rings. The first-order valence-electron chi connectivity index (χ1n) is 11.2. The summed E-state index contributed by atoms with van der Waals surface area (Å²) in [5.41, 5.74) is 2.88. The zero-order chi connectivity index (χ0) is 25.6. The highest BCUT2D eigenvalue weighted by Crippen LogP contribution is 2.27. The van der Waals surface area contributed by atoms with Gasteiger partial charge in [0.15, 0.2) is 0 Å². The van der Waals surface area contributed by atoms with Crippen LogP contribution in [0, 0.1) is 13.8 Å². The van der Waals surface area contributed by atoms with Crippen LogP contribution in [-0.2, 0) is 26.2 Å². The molecule has 1 atom stereocenters. The Hall–Kier alpha value is -2.58. The molecule has 0 aromatic heterocycles. The lowest BCUT2D eigenvalue weighted by molar-refractivity contribution is -0.140. The molecule has 34 heavy (non-hydrogen) atoms. The lowest BCUT2D eigenvalue weighted by atomic mass is 10.1. The predicted octanol–water partition coefficient (Wildman–Crippen LogP) is 4.05. The molecule has 7 nitrogen and oxygen atoms in total. The first-order valence-corrected chi connectivity index (χ1v) is 13.4. The molecule has 0 aliphatic carbocycles. The highest BCUT2D eigenvalue weighted by molar-refractivity contribution is 7.92. The summed E-state index contributed by atoms with van der Waals surface area (Å²) in [4.78, 5) is 28.1. The summed E-state index contributed by atoms with van der Waals surface area (Å²) in [6.07, 6.45) is 1.43. The van der Waals surface area contributed by atoms with Gasteiger partial charge in [-0.2, -0.15) is 0 Å². The number of anilines is 1. The van der Waals surface area contributed by atoms with E-state index in [0.717, 1.165) is 21.7 Å². The molecule has 0 aliphatic heterocycles. The molecule has 0 unspecified atom stereocenters. The third kappa shape index (κ3) is 7.46. The molecule has 2 amide bonds. The number of sulfonamides is 1. The Morgan fingerprint density at radius 1 is 1.09 bits per heavy atom. The zero-order valence-corrected chi connectivity index (χ0v) is 22.2. The molecule has 2 aromatic carbocycles. The van der Waals surface area contributed by atoms with Crippen molar-refractivity contribution in [2.24, 2.45) is 0 Å². The van der Waals surface area contributed by atoms with Crippen molar-refractivity contribution in [2.45, 2.75) is 59.7 Å². The lowest BCUT2D eigenvalue weighted by Gasteiger charge is -2.33. The smallest absolute Gasteiger partial charge is 0.244 e. The van der Waals surface area contributed by atoms with Crippen molar-refractivity contribution in [3.63, 3.8) is 0 Å². The van der Waals surface area contributed by atoms with E-state index in [2.05, 4.69) is 5.32 Å². The van der Waals surface area contributed by atoms with Crippen molar-refractivity contribution in [1.29, 1.82) is 0 Å². The second-order valence-corrected chi connectivity index (χ2v) is 11.1. The van der Waals surface area contributed by atoms with E-state index in [1.54, 1.807) is 19.1 Å². The Morgan fingerprint density at radius 2 is 1.76 bits per heavy atom. The standard InChI is InChI=1S/C25H34ClN3O4S/c1-7-22(25(31)27-17(2)3)28(15-20-10-8-9-18(4)13-20)24(30)16-29(34(6,32)33)23-14-21(26)12-11-19(23)5/h8-14,17,22H,7,15-16H2,1-6H3,(H,27,31)/t22-/m1/s1. The number of carbonyl (C=O) groups excluding carboxylic acids is 2. The van der Waals surface area contributed by atoms with Crippen LogP contribution in [0.25, 0.3) is 0 Å². The first-order chi connectivity index (χ1) is 15.8. The van der Waals surface area contributed by atoms with Crippen molar-refractivity contribution < 1.29 is 18.0 Å². The SMILES string of the molecule is CC[C@H](C(=O)NC(C)C)N(Cc1cccc(C)c1)C(=O)CN(c1cc(Cl)ccc1C)S(C)(=O)=O. The van der Waals surface area contributed by atoms with Crippen LogP contribution in [-0.4, -0.2) is 50.0 Å². The summed E-state index contributed by atoms with van der Waals surface area (Å²) in [6, 6.07) is 11.7. The first kappa shape index (κ1) is 27.7. The topological polar surface area (TPSA) is 86.8 Å². The highest BCUT2D eigenvalue weighted by atomic mass is 35.5. The van der Waals surface area contributed by atoms with Gasteiger partial charge in [0.25, 0.3) is 0 Å². The molecule has 186 valence electrons. The maximum absolute atomic E-state index is 13.7. The van der Waals surface area contributed by atoms with Crippen LogP contribution in [0.4, 0.5) is 5.69 Å². The minimum Gasteiger partial charge on any atom is -0.352 e. The molecule has 0 aliphatic rings. The van der Waals surface area contributed by atoms with Gasteiger partial charge in [0.05, 0.1) is 11.9 Å². The minimum absolute atomic E-state index is 0.0981. The van der Waals surface area contributed by atoms with E-state index in [-0.39, 0.29) is 18.5 Å². The molecule has 0 bridgehead atoms. The summed E-state index contributed by atoms with van der Waals surface area (Å²) in [6.45, 7) is 8.97. The monoisotopic (exact) mass is 507 g/mol. The van der Waals surface area contributed by atoms with Gasteiger partial charge in [-0.05, 0) is 57.4 Å². The molecule has 2 rings (SSSR count). The number of amides is 2. The van der Waals surface area contributed by atoms with Gasteiger partial charge in [-0.25, -0.2) is 8.42 Å². The van der Waals surface area contributed by atoms with Crippen LogP contribution in [0.2, 0.25) is 5.02 Å². The van der Waals surface area contributed by atoms with E-state index < -0.39 is 28.5 Å². The molecule has 0 heterocycles. The molecule has 0 radical (unpaired) electrons. The van der Waals surface area contributed by atoms with Gasteiger partial charge < -0.3 is 10.2 Å². The lowest BCUT2D eigenvalue weighted by Crippen LogP contribution is -2.53. The average molecular weight is 508 g/mol. The number of hydrogen-bond donors (Lipinski definition) is 1. The Labute approximate surface area is 208 Å². The van der Waals surface area contributed by atoms with E-state index in [4.69, 9.17) is 11.6 Å². The van der Waals surface area contributed by atoms with E-state index in [9.17, 15) is 18.0 Å². The molecule has 0 saturated heterocycles. The second-order valence-electron chi connectivity index (χ2n) is 8.80. The Morgan fingerprint density at radius 3 is 2.32 bits per heavy atom. The van der Waals surface area contributed by atoms with E-state index in [1.165, 1.54) is 11.0 Å². The number of carbonyl (C=O) groups is 2. The third-order valence-corrected chi connectivity index (χ3v) is 6.73. The maximum Gasteiger partial charge on any atom is 0.244 e.